The summed E-state index contributed by atoms with van der Waals surface area (Å²) in [4.78, 5) is 22.4. The summed E-state index contributed by atoms with van der Waals surface area (Å²) >= 11 is 3.07. The van der Waals surface area contributed by atoms with Crippen LogP contribution in [0, 0.1) is 0 Å². The molecule has 0 bridgehead atoms. The molecule has 0 saturated heterocycles. The summed E-state index contributed by atoms with van der Waals surface area (Å²) in [5.41, 5.74) is 1.45. The van der Waals surface area contributed by atoms with E-state index in [0.29, 0.717) is 12.1 Å². The maximum atomic E-state index is 11.3. The second kappa shape index (κ2) is 7.06. The van der Waals surface area contributed by atoms with Gasteiger partial charge in [0.1, 0.15) is 0 Å². The third-order valence-electron chi connectivity index (χ3n) is 2.05. The molecule has 0 atom stereocenters. The first-order valence-electron chi connectivity index (χ1n) is 5.41. The number of nitrogens with one attached hydrogen (secondary N) is 2. The molecule has 1 aromatic rings. The van der Waals surface area contributed by atoms with E-state index < -0.39 is 0 Å². The number of hydrogen-bond acceptors (Lipinski definition) is 2. The third-order valence-corrected chi connectivity index (χ3v) is 2.56. The van der Waals surface area contributed by atoms with E-state index in [2.05, 4.69) is 26.6 Å². The highest BCUT2D eigenvalue weighted by molar-refractivity contribution is 9.09. The van der Waals surface area contributed by atoms with Crippen molar-refractivity contribution in [3.05, 3.63) is 24.3 Å². The molecule has 17 heavy (non-hydrogen) atoms. The Morgan fingerprint density at radius 2 is 1.53 bits per heavy atom. The van der Waals surface area contributed by atoms with Crippen molar-refractivity contribution in [1.29, 1.82) is 0 Å². The first-order valence-corrected chi connectivity index (χ1v) is 6.53. The number of amides is 2. The molecule has 0 unspecified atom stereocenters. The van der Waals surface area contributed by atoms with Gasteiger partial charge in [0.15, 0.2) is 0 Å². The van der Waals surface area contributed by atoms with Crippen molar-refractivity contribution in [1.82, 2.24) is 0 Å². The lowest BCUT2D eigenvalue weighted by Crippen LogP contribution is -2.13. The zero-order valence-electron chi connectivity index (χ0n) is 9.63. The summed E-state index contributed by atoms with van der Waals surface area (Å²) in [6.45, 7) is 1.96. The van der Waals surface area contributed by atoms with Gasteiger partial charge in [-0.3, -0.25) is 9.59 Å². The van der Waals surface area contributed by atoms with Crippen molar-refractivity contribution in [2.45, 2.75) is 19.8 Å². The molecular formula is C12H15BrN2O2. The van der Waals surface area contributed by atoms with Crippen LogP contribution in [0.5, 0.6) is 0 Å². The van der Waals surface area contributed by atoms with E-state index in [-0.39, 0.29) is 17.1 Å². The lowest BCUT2D eigenvalue weighted by molar-refractivity contribution is -0.116. The minimum Gasteiger partial charge on any atom is -0.326 e. The number of anilines is 2. The number of carbonyl (C=O) groups excluding carboxylic acids is 2. The van der Waals surface area contributed by atoms with Crippen LogP contribution in [0.25, 0.3) is 0 Å². The minimum atomic E-state index is -0.104. The largest absolute Gasteiger partial charge is 0.326 e. The maximum absolute atomic E-state index is 11.3. The van der Waals surface area contributed by atoms with E-state index in [0.717, 1.165) is 12.1 Å². The summed E-state index contributed by atoms with van der Waals surface area (Å²) in [6.07, 6.45) is 1.34. The molecule has 1 rings (SSSR count). The van der Waals surface area contributed by atoms with Gasteiger partial charge < -0.3 is 10.6 Å². The summed E-state index contributed by atoms with van der Waals surface area (Å²) in [7, 11) is 0. The van der Waals surface area contributed by atoms with E-state index in [1.54, 1.807) is 24.3 Å². The summed E-state index contributed by atoms with van der Waals surface area (Å²) in [5, 5.41) is 5.74. The molecule has 0 radical (unpaired) electrons. The fraction of sp³-hybridized carbons (Fsp3) is 0.333. The third kappa shape index (κ3) is 4.99. The van der Waals surface area contributed by atoms with Crippen LogP contribution in [0.1, 0.15) is 19.8 Å². The molecule has 0 aromatic heterocycles. The predicted octanol–water partition coefficient (Wildman–Crippen LogP) is 2.76. The summed E-state index contributed by atoms with van der Waals surface area (Å²) in [5.74, 6) is -0.0995. The van der Waals surface area contributed by atoms with Crippen molar-refractivity contribution in [2.24, 2.45) is 0 Å². The van der Waals surface area contributed by atoms with Crippen molar-refractivity contribution < 1.29 is 9.59 Å². The van der Waals surface area contributed by atoms with E-state index in [1.165, 1.54) is 0 Å². The number of hydrogen-bond donors (Lipinski definition) is 2. The van der Waals surface area contributed by atoms with Crippen LogP contribution in [0.3, 0.4) is 0 Å². The normalized spacial score (nSPS) is 9.76. The standard InChI is InChI=1S/C12H15BrN2O2/c1-2-3-11(16)14-9-4-6-10(7-5-9)15-12(17)8-13/h4-7H,2-3,8H2,1H3,(H,14,16)(H,15,17). The second-order valence-corrected chi connectivity index (χ2v) is 4.12. The van der Waals surface area contributed by atoms with Crippen molar-refractivity contribution >= 4 is 39.1 Å². The Morgan fingerprint density at radius 3 is 1.94 bits per heavy atom. The molecule has 0 spiro atoms. The molecule has 0 saturated carbocycles. The van der Waals surface area contributed by atoms with Gasteiger partial charge in [-0.2, -0.15) is 0 Å². The molecule has 92 valence electrons. The van der Waals surface area contributed by atoms with Crippen LogP contribution >= 0.6 is 15.9 Å². The number of benzene rings is 1. The van der Waals surface area contributed by atoms with Crippen LogP contribution in [0.4, 0.5) is 11.4 Å². The van der Waals surface area contributed by atoms with Gasteiger partial charge in [-0.15, -0.1) is 0 Å². The molecule has 0 aliphatic heterocycles. The highest BCUT2D eigenvalue weighted by Crippen LogP contribution is 2.14. The SMILES string of the molecule is CCCC(=O)Nc1ccc(NC(=O)CBr)cc1. The zero-order chi connectivity index (χ0) is 12.7. The van der Waals surface area contributed by atoms with Gasteiger partial charge in [0.2, 0.25) is 11.8 Å². The topological polar surface area (TPSA) is 58.2 Å². The molecule has 1 aromatic carbocycles. The summed E-state index contributed by atoms with van der Waals surface area (Å²) in [6, 6.07) is 7.03. The molecular weight excluding hydrogens is 284 g/mol. The molecule has 2 N–H and O–H groups in total. The Morgan fingerprint density at radius 1 is 1.06 bits per heavy atom. The Labute approximate surface area is 109 Å². The van der Waals surface area contributed by atoms with Crippen molar-refractivity contribution in [3.63, 3.8) is 0 Å². The highest BCUT2D eigenvalue weighted by Gasteiger charge is 2.02. The predicted molar refractivity (Wildman–Crippen MR) is 72.4 cm³/mol. The zero-order valence-corrected chi connectivity index (χ0v) is 11.2. The van der Waals surface area contributed by atoms with Crippen molar-refractivity contribution in [3.8, 4) is 0 Å². The number of carbonyl (C=O) groups is 2. The van der Waals surface area contributed by atoms with Crippen LogP contribution in [-0.4, -0.2) is 17.1 Å². The lowest BCUT2D eigenvalue weighted by Gasteiger charge is -2.06. The van der Waals surface area contributed by atoms with E-state index in [9.17, 15) is 9.59 Å². The van der Waals surface area contributed by atoms with Crippen LogP contribution in [0.2, 0.25) is 0 Å². The molecule has 4 nitrogen and oxygen atoms in total. The first kappa shape index (κ1) is 13.7. The lowest BCUT2D eigenvalue weighted by atomic mass is 10.2. The van der Waals surface area contributed by atoms with Gasteiger partial charge in [-0.05, 0) is 30.7 Å². The quantitative estimate of drug-likeness (QED) is 0.821. The molecule has 0 heterocycles. The molecule has 0 fully saturated rings. The van der Waals surface area contributed by atoms with E-state index in [4.69, 9.17) is 0 Å². The number of alkyl halides is 1. The average Bonchev–Trinajstić information content (AvgIpc) is 2.32. The van der Waals surface area contributed by atoms with E-state index >= 15 is 0 Å². The molecule has 5 heteroatoms. The molecule has 0 aliphatic carbocycles. The Kier molecular flexibility index (Phi) is 5.69. The van der Waals surface area contributed by atoms with Crippen molar-refractivity contribution in [2.75, 3.05) is 16.0 Å². The van der Waals surface area contributed by atoms with Gasteiger partial charge in [0.25, 0.3) is 0 Å². The second-order valence-electron chi connectivity index (χ2n) is 3.56. The smallest absolute Gasteiger partial charge is 0.235 e. The Balaban J connectivity index is 2.55. The van der Waals surface area contributed by atoms with Gasteiger partial charge in [0, 0.05) is 17.8 Å². The number of rotatable bonds is 5. The fourth-order valence-corrected chi connectivity index (χ4v) is 1.42. The van der Waals surface area contributed by atoms with Gasteiger partial charge in [-0.25, -0.2) is 0 Å². The van der Waals surface area contributed by atoms with Gasteiger partial charge >= 0.3 is 0 Å². The summed E-state index contributed by atoms with van der Waals surface area (Å²) < 4.78 is 0. The van der Waals surface area contributed by atoms with Gasteiger partial charge in [-0.1, -0.05) is 22.9 Å². The highest BCUT2D eigenvalue weighted by atomic mass is 79.9. The molecule has 2 amide bonds. The Hall–Kier alpha value is -1.36. The molecule has 0 aliphatic rings. The van der Waals surface area contributed by atoms with E-state index in [1.807, 2.05) is 6.92 Å². The first-order chi connectivity index (χ1) is 8.15. The average molecular weight is 299 g/mol. The Bertz CT molecular complexity index is 390. The van der Waals surface area contributed by atoms with Gasteiger partial charge in [0.05, 0.1) is 5.33 Å². The monoisotopic (exact) mass is 298 g/mol. The van der Waals surface area contributed by atoms with Crippen LogP contribution in [-0.2, 0) is 9.59 Å². The fourth-order valence-electron chi connectivity index (χ4n) is 1.28. The van der Waals surface area contributed by atoms with Crippen LogP contribution in [0.15, 0.2) is 24.3 Å². The maximum Gasteiger partial charge on any atom is 0.235 e. The van der Waals surface area contributed by atoms with Crippen LogP contribution < -0.4 is 10.6 Å². The number of halogens is 1. The minimum absolute atomic E-state index is 0.00439.